The number of hydrogen-bond acceptors (Lipinski definition) is 5. The van der Waals surface area contributed by atoms with E-state index in [0.717, 1.165) is 28.8 Å². The number of hydrogen-bond donors (Lipinski definition) is 1. The van der Waals surface area contributed by atoms with Gasteiger partial charge in [-0.15, -0.1) is 0 Å². The van der Waals surface area contributed by atoms with E-state index in [1.807, 2.05) is 37.3 Å². The first-order valence-corrected chi connectivity index (χ1v) is 11.1. The lowest BCUT2D eigenvalue weighted by atomic mass is 9.98. The van der Waals surface area contributed by atoms with Gasteiger partial charge in [0, 0.05) is 28.4 Å². The Bertz CT molecular complexity index is 1260. The van der Waals surface area contributed by atoms with Crippen molar-refractivity contribution in [1.29, 1.82) is 0 Å². The number of phenolic OH excluding ortho intramolecular Hbond substituents is 1. The molecule has 0 radical (unpaired) electrons. The number of aromatic nitrogens is 1. The summed E-state index contributed by atoms with van der Waals surface area (Å²) < 4.78 is 11.4. The highest BCUT2D eigenvalue weighted by Gasteiger charge is 2.12. The number of aromatic hydroxyl groups is 1. The van der Waals surface area contributed by atoms with Crippen LogP contribution in [-0.2, 0) is 0 Å². The molecule has 0 amide bonds. The third-order valence-electron chi connectivity index (χ3n) is 5.43. The molecule has 3 aromatic carbocycles. The Balaban J connectivity index is 1.56. The molecule has 0 spiro atoms. The van der Waals surface area contributed by atoms with Crippen molar-refractivity contribution in [3.8, 4) is 23.0 Å². The highest BCUT2D eigenvalue weighted by atomic mass is 35.5. The van der Waals surface area contributed by atoms with E-state index >= 15 is 0 Å². The monoisotopic (exact) mass is 448 g/mol. The van der Waals surface area contributed by atoms with Gasteiger partial charge >= 0.3 is 0 Å². The minimum absolute atomic E-state index is 0.0138. The second kappa shape index (κ2) is 9.45. The lowest BCUT2D eigenvalue weighted by Gasteiger charge is -2.08. The summed E-state index contributed by atoms with van der Waals surface area (Å²) in [6.07, 6.45) is 2.65. The molecule has 0 aliphatic carbocycles. The standard InChI is InChI=1S/C26H25ClN2O3/c1-4-16(3)18-8-11-23-22(13-18)29-26(32-23)17-6-9-21(10-7-17)28-15-19-12-20(27)14-24(25(19)30)31-5-2/h6-16,30H,4-5H2,1-3H3/t16-/m0/s1. The number of benzene rings is 3. The summed E-state index contributed by atoms with van der Waals surface area (Å²) in [7, 11) is 0. The van der Waals surface area contributed by atoms with Crippen LogP contribution in [0.2, 0.25) is 5.02 Å². The molecule has 1 aromatic heterocycles. The number of ether oxygens (including phenoxy) is 1. The molecule has 6 heteroatoms. The smallest absolute Gasteiger partial charge is 0.227 e. The van der Waals surface area contributed by atoms with Gasteiger partial charge in [0.05, 0.1) is 12.3 Å². The van der Waals surface area contributed by atoms with Crippen LogP contribution in [0.1, 0.15) is 44.2 Å². The first-order valence-electron chi connectivity index (χ1n) is 10.7. The second-order valence-electron chi connectivity index (χ2n) is 7.64. The molecule has 1 N–H and O–H groups in total. The normalized spacial score (nSPS) is 12.5. The largest absolute Gasteiger partial charge is 0.504 e. The molecule has 0 aliphatic rings. The highest BCUT2D eigenvalue weighted by molar-refractivity contribution is 6.31. The summed E-state index contributed by atoms with van der Waals surface area (Å²) >= 11 is 6.13. The Kier molecular flexibility index (Phi) is 6.47. The van der Waals surface area contributed by atoms with Crippen molar-refractivity contribution < 1.29 is 14.3 Å². The Morgan fingerprint density at radius 1 is 1.12 bits per heavy atom. The van der Waals surface area contributed by atoms with Crippen LogP contribution in [0.4, 0.5) is 5.69 Å². The van der Waals surface area contributed by atoms with Gasteiger partial charge in [-0.2, -0.15) is 0 Å². The van der Waals surface area contributed by atoms with E-state index in [0.29, 0.717) is 34.8 Å². The zero-order chi connectivity index (χ0) is 22.7. The molecule has 0 saturated heterocycles. The number of nitrogens with zero attached hydrogens (tertiary/aromatic N) is 2. The van der Waals surface area contributed by atoms with Crippen LogP contribution in [0.25, 0.3) is 22.6 Å². The van der Waals surface area contributed by atoms with E-state index in [9.17, 15) is 5.11 Å². The van der Waals surface area contributed by atoms with E-state index in [1.54, 1.807) is 18.3 Å². The molecule has 0 bridgehead atoms. The van der Waals surface area contributed by atoms with Crippen LogP contribution in [0, 0.1) is 0 Å². The molecule has 32 heavy (non-hydrogen) atoms. The van der Waals surface area contributed by atoms with Gasteiger partial charge in [-0.25, -0.2) is 4.98 Å². The van der Waals surface area contributed by atoms with Crippen LogP contribution < -0.4 is 4.74 Å². The summed E-state index contributed by atoms with van der Waals surface area (Å²) in [5.41, 5.74) is 4.98. The number of rotatable bonds is 7. The maximum atomic E-state index is 10.4. The molecule has 1 heterocycles. The van der Waals surface area contributed by atoms with Gasteiger partial charge in [0.15, 0.2) is 17.1 Å². The minimum atomic E-state index is 0.0138. The molecule has 5 nitrogen and oxygen atoms in total. The molecule has 4 aromatic rings. The SMILES string of the molecule is CCOc1cc(Cl)cc(C=Nc2ccc(-c3nc4cc([C@@H](C)CC)ccc4o3)cc2)c1O. The zero-order valence-electron chi connectivity index (χ0n) is 18.3. The number of fused-ring (bicyclic) bond motifs is 1. The first kappa shape index (κ1) is 21.9. The molecule has 164 valence electrons. The van der Waals surface area contributed by atoms with Gasteiger partial charge in [0.1, 0.15) is 5.52 Å². The van der Waals surface area contributed by atoms with Crippen LogP contribution in [0.15, 0.2) is 64.0 Å². The second-order valence-corrected chi connectivity index (χ2v) is 8.07. The molecular weight excluding hydrogens is 424 g/mol. The average molecular weight is 449 g/mol. The topological polar surface area (TPSA) is 67.9 Å². The maximum absolute atomic E-state index is 10.4. The number of aliphatic imine (C=N–C) groups is 1. The predicted molar refractivity (Wildman–Crippen MR) is 130 cm³/mol. The summed E-state index contributed by atoms with van der Waals surface area (Å²) in [5, 5.41) is 10.8. The van der Waals surface area contributed by atoms with Gasteiger partial charge in [-0.3, -0.25) is 4.99 Å². The third kappa shape index (κ3) is 4.63. The van der Waals surface area contributed by atoms with E-state index < -0.39 is 0 Å². The van der Waals surface area contributed by atoms with Crippen molar-refractivity contribution in [2.24, 2.45) is 4.99 Å². The zero-order valence-corrected chi connectivity index (χ0v) is 19.1. The van der Waals surface area contributed by atoms with E-state index in [1.165, 1.54) is 5.56 Å². The lowest BCUT2D eigenvalue weighted by Crippen LogP contribution is -1.94. The van der Waals surface area contributed by atoms with Gasteiger partial charge in [-0.05, 0) is 67.3 Å². The number of phenols is 1. The van der Waals surface area contributed by atoms with Crippen molar-refractivity contribution >= 4 is 34.6 Å². The lowest BCUT2D eigenvalue weighted by molar-refractivity contribution is 0.318. The van der Waals surface area contributed by atoms with Crippen molar-refractivity contribution in [2.75, 3.05) is 6.61 Å². The average Bonchev–Trinajstić information content (AvgIpc) is 3.23. The fourth-order valence-corrected chi connectivity index (χ4v) is 3.62. The van der Waals surface area contributed by atoms with Crippen LogP contribution in [-0.4, -0.2) is 22.9 Å². The van der Waals surface area contributed by atoms with Gasteiger partial charge in [-0.1, -0.05) is 31.5 Å². The fraction of sp³-hybridized carbons (Fsp3) is 0.231. The maximum Gasteiger partial charge on any atom is 0.227 e. The molecule has 0 aliphatic heterocycles. The molecule has 0 saturated carbocycles. The Labute approximate surface area is 192 Å². The third-order valence-corrected chi connectivity index (χ3v) is 5.65. The number of halogens is 1. The summed E-state index contributed by atoms with van der Waals surface area (Å²) in [4.78, 5) is 9.11. The van der Waals surface area contributed by atoms with Crippen molar-refractivity contribution in [3.05, 3.63) is 70.7 Å². The summed E-state index contributed by atoms with van der Waals surface area (Å²) in [5.74, 6) is 1.41. The van der Waals surface area contributed by atoms with E-state index in [-0.39, 0.29) is 5.75 Å². The Morgan fingerprint density at radius 2 is 1.91 bits per heavy atom. The molecule has 4 rings (SSSR count). The molecule has 0 unspecified atom stereocenters. The van der Waals surface area contributed by atoms with Crippen molar-refractivity contribution in [3.63, 3.8) is 0 Å². The number of oxazole rings is 1. The Hall–Kier alpha value is -3.31. The quantitative estimate of drug-likeness (QED) is 0.297. The predicted octanol–water partition coefficient (Wildman–Crippen LogP) is 7.52. The minimum Gasteiger partial charge on any atom is -0.504 e. The summed E-state index contributed by atoms with van der Waals surface area (Å²) in [6.45, 7) is 6.67. The van der Waals surface area contributed by atoms with Gasteiger partial charge < -0.3 is 14.3 Å². The van der Waals surface area contributed by atoms with Crippen molar-refractivity contribution in [2.45, 2.75) is 33.1 Å². The Morgan fingerprint density at radius 3 is 2.62 bits per heavy atom. The molecular formula is C26H25ClN2O3. The van der Waals surface area contributed by atoms with Gasteiger partial charge in [0.25, 0.3) is 0 Å². The van der Waals surface area contributed by atoms with Crippen LogP contribution in [0.5, 0.6) is 11.5 Å². The molecule has 1 atom stereocenters. The van der Waals surface area contributed by atoms with E-state index in [4.69, 9.17) is 20.8 Å². The van der Waals surface area contributed by atoms with Crippen molar-refractivity contribution in [1.82, 2.24) is 4.98 Å². The van der Waals surface area contributed by atoms with Crippen LogP contribution in [0.3, 0.4) is 0 Å². The molecule has 0 fully saturated rings. The summed E-state index contributed by atoms with van der Waals surface area (Å²) in [6, 6.07) is 17.0. The first-order chi connectivity index (χ1) is 15.5. The van der Waals surface area contributed by atoms with Crippen LogP contribution >= 0.6 is 11.6 Å². The highest BCUT2D eigenvalue weighted by Crippen LogP contribution is 2.33. The van der Waals surface area contributed by atoms with E-state index in [2.05, 4.69) is 36.0 Å². The van der Waals surface area contributed by atoms with Gasteiger partial charge in [0.2, 0.25) is 5.89 Å². The fourth-order valence-electron chi connectivity index (χ4n) is 3.40.